The van der Waals surface area contributed by atoms with Gasteiger partial charge in [0.1, 0.15) is 10.9 Å². The highest BCUT2D eigenvalue weighted by atomic mass is 35.5. The van der Waals surface area contributed by atoms with Crippen LogP contribution in [-0.2, 0) is 7.05 Å². The summed E-state index contributed by atoms with van der Waals surface area (Å²) in [6.45, 7) is 0. The SMILES string of the molecule is Cn1nc([N+](=O)[O-])c([C@@H](C#N)c2ccccn2)c(Cl)c1=O. The van der Waals surface area contributed by atoms with Crippen LogP contribution in [0.2, 0.25) is 5.02 Å². The maximum absolute atomic E-state index is 11.8. The molecule has 0 aliphatic heterocycles. The second kappa shape index (κ2) is 5.68. The smallest absolute Gasteiger partial charge is 0.358 e. The highest BCUT2D eigenvalue weighted by Crippen LogP contribution is 2.32. The molecule has 1 atom stereocenters. The van der Waals surface area contributed by atoms with Crippen molar-refractivity contribution in [3.63, 3.8) is 0 Å². The third-order valence-corrected chi connectivity index (χ3v) is 3.14. The van der Waals surface area contributed by atoms with Crippen LogP contribution in [-0.4, -0.2) is 19.7 Å². The van der Waals surface area contributed by atoms with Gasteiger partial charge in [-0.25, -0.2) is 0 Å². The first-order valence-corrected chi connectivity index (χ1v) is 6.06. The number of nitrogens with zero attached hydrogens (tertiary/aromatic N) is 5. The van der Waals surface area contributed by atoms with Crippen molar-refractivity contribution < 1.29 is 4.92 Å². The Morgan fingerprint density at radius 2 is 2.24 bits per heavy atom. The molecule has 0 saturated heterocycles. The van der Waals surface area contributed by atoms with E-state index >= 15 is 0 Å². The summed E-state index contributed by atoms with van der Waals surface area (Å²) in [5, 5.41) is 23.6. The van der Waals surface area contributed by atoms with E-state index in [0.29, 0.717) is 0 Å². The van der Waals surface area contributed by atoms with Crippen molar-refractivity contribution >= 4 is 17.4 Å². The van der Waals surface area contributed by atoms with Crippen LogP contribution in [0.1, 0.15) is 17.2 Å². The van der Waals surface area contributed by atoms with Crippen LogP contribution in [0.4, 0.5) is 5.82 Å². The standard InChI is InChI=1S/C12H8ClN5O3/c1-17-12(19)10(13)9(11(16-17)18(20)21)7(6-14)8-4-2-3-5-15-8/h2-5,7H,1H3/t7-/m0/s1. The Hall–Kier alpha value is -2.79. The fourth-order valence-corrected chi connectivity index (χ4v) is 2.13. The summed E-state index contributed by atoms with van der Waals surface area (Å²) in [6, 6.07) is 6.66. The molecule has 8 nitrogen and oxygen atoms in total. The molecule has 2 rings (SSSR count). The van der Waals surface area contributed by atoms with Crippen LogP contribution < -0.4 is 5.56 Å². The number of aromatic nitrogens is 3. The Morgan fingerprint density at radius 3 is 2.76 bits per heavy atom. The zero-order valence-corrected chi connectivity index (χ0v) is 11.5. The number of nitro groups is 1. The lowest BCUT2D eigenvalue weighted by molar-refractivity contribution is -0.391. The molecule has 0 unspecified atom stereocenters. The van der Waals surface area contributed by atoms with Crippen LogP contribution in [0.3, 0.4) is 0 Å². The van der Waals surface area contributed by atoms with E-state index in [-0.39, 0.29) is 11.3 Å². The highest BCUT2D eigenvalue weighted by molar-refractivity contribution is 6.31. The average molecular weight is 306 g/mol. The molecular formula is C12H8ClN5O3. The van der Waals surface area contributed by atoms with Crippen LogP contribution in [0.5, 0.6) is 0 Å². The summed E-state index contributed by atoms with van der Waals surface area (Å²) >= 11 is 5.91. The molecule has 0 spiro atoms. The Labute approximate surface area is 123 Å². The highest BCUT2D eigenvalue weighted by Gasteiger charge is 2.32. The van der Waals surface area contributed by atoms with Gasteiger partial charge in [-0.15, -0.1) is 4.68 Å². The summed E-state index contributed by atoms with van der Waals surface area (Å²) in [7, 11) is 1.24. The Morgan fingerprint density at radius 1 is 1.52 bits per heavy atom. The minimum atomic E-state index is -1.15. The average Bonchev–Trinajstić information content (AvgIpc) is 2.48. The number of halogens is 1. The number of pyridine rings is 1. The minimum Gasteiger partial charge on any atom is -0.358 e. The molecule has 0 aliphatic carbocycles. The van der Waals surface area contributed by atoms with E-state index in [4.69, 9.17) is 11.6 Å². The minimum absolute atomic E-state index is 0.244. The summed E-state index contributed by atoms with van der Waals surface area (Å²) in [5.74, 6) is -1.79. The molecule has 21 heavy (non-hydrogen) atoms. The normalized spacial score (nSPS) is 11.7. The first kappa shape index (κ1) is 14.6. The molecule has 2 heterocycles. The maximum atomic E-state index is 11.8. The van der Waals surface area contributed by atoms with Crippen molar-refractivity contribution in [3.05, 3.63) is 61.1 Å². The third kappa shape index (κ3) is 2.59. The van der Waals surface area contributed by atoms with E-state index in [1.54, 1.807) is 12.1 Å². The van der Waals surface area contributed by atoms with Crippen LogP contribution in [0.25, 0.3) is 0 Å². The van der Waals surface area contributed by atoms with Crippen molar-refractivity contribution in [2.75, 3.05) is 0 Å². The molecule has 0 aliphatic rings. The van der Waals surface area contributed by atoms with Crippen molar-refractivity contribution in [2.45, 2.75) is 5.92 Å². The van der Waals surface area contributed by atoms with Gasteiger partial charge in [0, 0.05) is 6.20 Å². The lowest BCUT2D eigenvalue weighted by atomic mass is 9.97. The van der Waals surface area contributed by atoms with E-state index in [9.17, 15) is 20.2 Å². The maximum Gasteiger partial charge on any atom is 0.395 e. The molecule has 0 amide bonds. The summed E-state index contributed by atoms with van der Waals surface area (Å²) in [6.07, 6.45) is 1.44. The molecule has 0 fully saturated rings. The van der Waals surface area contributed by atoms with E-state index in [0.717, 1.165) is 4.68 Å². The second-order valence-electron chi connectivity index (χ2n) is 4.05. The predicted octanol–water partition coefficient (Wildman–Crippen LogP) is 1.39. The summed E-state index contributed by atoms with van der Waals surface area (Å²) in [5.41, 5.74) is -0.709. The first-order chi connectivity index (χ1) is 9.97. The molecule has 106 valence electrons. The van der Waals surface area contributed by atoms with Gasteiger partial charge in [-0.1, -0.05) is 17.7 Å². The monoisotopic (exact) mass is 305 g/mol. The molecular weight excluding hydrogens is 298 g/mol. The molecule has 0 radical (unpaired) electrons. The Bertz CT molecular complexity index is 797. The van der Waals surface area contributed by atoms with Crippen LogP contribution >= 0.6 is 11.6 Å². The summed E-state index contributed by atoms with van der Waals surface area (Å²) in [4.78, 5) is 26.2. The molecule has 0 bridgehead atoms. The fourth-order valence-electron chi connectivity index (χ4n) is 1.81. The van der Waals surface area contributed by atoms with Gasteiger partial charge in [0.05, 0.1) is 29.5 Å². The Kier molecular flexibility index (Phi) is 3.95. The van der Waals surface area contributed by atoms with Gasteiger partial charge in [-0.3, -0.25) is 9.78 Å². The second-order valence-corrected chi connectivity index (χ2v) is 4.43. The lowest BCUT2D eigenvalue weighted by Gasteiger charge is -2.10. The molecule has 2 aromatic heterocycles. The fraction of sp³-hybridized carbons (Fsp3) is 0.167. The molecule has 0 N–H and O–H groups in total. The predicted molar refractivity (Wildman–Crippen MR) is 72.8 cm³/mol. The number of hydrogen-bond donors (Lipinski definition) is 0. The molecule has 9 heteroatoms. The topological polar surface area (TPSA) is 115 Å². The van der Waals surface area contributed by atoms with E-state index in [2.05, 4.69) is 10.1 Å². The zero-order valence-electron chi connectivity index (χ0n) is 10.7. The van der Waals surface area contributed by atoms with Gasteiger partial charge in [0.15, 0.2) is 0 Å². The van der Waals surface area contributed by atoms with Gasteiger partial charge >= 0.3 is 11.4 Å². The Balaban J connectivity index is 2.78. The van der Waals surface area contributed by atoms with E-state index in [1.165, 1.54) is 19.3 Å². The van der Waals surface area contributed by atoms with E-state index in [1.807, 2.05) is 6.07 Å². The number of nitriles is 1. The van der Waals surface area contributed by atoms with Crippen molar-refractivity contribution in [3.8, 4) is 6.07 Å². The van der Waals surface area contributed by atoms with Gasteiger partial charge in [-0.05, 0) is 17.1 Å². The number of rotatable bonds is 3. The lowest BCUT2D eigenvalue weighted by Crippen LogP contribution is -2.24. The molecule has 2 aromatic rings. The number of aryl methyl sites for hydroxylation is 1. The molecule has 0 aromatic carbocycles. The van der Waals surface area contributed by atoms with Crippen molar-refractivity contribution in [2.24, 2.45) is 7.05 Å². The first-order valence-electron chi connectivity index (χ1n) is 5.69. The van der Waals surface area contributed by atoms with E-state index < -0.39 is 27.2 Å². The van der Waals surface area contributed by atoms with Crippen molar-refractivity contribution in [1.82, 2.24) is 14.8 Å². The summed E-state index contributed by atoms with van der Waals surface area (Å²) < 4.78 is 0.761. The third-order valence-electron chi connectivity index (χ3n) is 2.78. The van der Waals surface area contributed by atoms with Gasteiger partial charge in [-0.2, -0.15) is 5.26 Å². The van der Waals surface area contributed by atoms with Gasteiger partial charge < -0.3 is 10.1 Å². The zero-order chi connectivity index (χ0) is 15.6. The largest absolute Gasteiger partial charge is 0.395 e. The van der Waals surface area contributed by atoms with Crippen LogP contribution in [0.15, 0.2) is 29.2 Å². The van der Waals surface area contributed by atoms with Crippen LogP contribution in [0, 0.1) is 21.4 Å². The van der Waals surface area contributed by atoms with Gasteiger partial charge in [0.25, 0.3) is 0 Å². The van der Waals surface area contributed by atoms with Crippen molar-refractivity contribution in [1.29, 1.82) is 5.26 Å². The number of hydrogen-bond acceptors (Lipinski definition) is 6. The quantitative estimate of drug-likeness (QED) is 0.625. The van der Waals surface area contributed by atoms with Gasteiger partial charge in [0.2, 0.25) is 0 Å². The molecule has 0 saturated carbocycles.